The molecule has 6 heteroatoms. The molecule has 3 rings (SSSR count). The van der Waals surface area contributed by atoms with Crippen LogP contribution >= 0.6 is 22.9 Å². The first-order valence-electron chi connectivity index (χ1n) is 6.90. The Labute approximate surface area is 141 Å². The number of allylic oxidation sites excluding steroid dienone is 1. The number of anilines is 1. The Bertz CT molecular complexity index is 959. The van der Waals surface area contributed by atoms with E-state index in [1.54, 1.807) is 47.0 Å². The summed E-state index contributed by atoms with van der Waals surface area (Å²) in [5, 5.41) is 3.20. The molecule has 23 heavy (non-hydrogen) atoms. The van der Waals surface area contributed by atoms with Gasteiger partial charge in [-0.05, 0) is 30.3 Å². The lowest BCUT2D eigenvalue weighted by Gasteiger charge is -2.07. The molecule has 0 atom stereocenters. The van der Waals surface area contributed by atoms with Gasteiger partial charge in [-0.2, -0.15) is 0 Å². The van der Waals surface area contributed by atoms with Crippen LogP contribution in [0.25, 0.3) is 10.2 Å². The molecule has 0 unspecified atom stereocenters. The van der Waals surface area contributed by atoms with E-state index in [4.69, 9.17) is 11.6 Å². The summed E-state index contributed by atoms with van der Waals surface area (Å²) >= 11 is 7.17. The summed E-state index contributed by atoms with van der Waals surface area (Å²) in [7, 11) is 0. The van der Waals surface area contributed by atoms with Crippen LogP contribution in [0.2, 0.25) is 5.02 Å². The standard InChI is InChI=1S/C17H13ClN2O2S/c1-2-9-20-14-8-7-11(10-15(14)23-17(20)22)19-16(21)12-5-3-4-6-13(12)18/h2-8,10H,1,9H2,(H,19,21). The molecule has 116 valence electrons. The van der Waals surface area contributed by atoms with E-state index in [1.807, 2.05) is 6.07 Å². The highest BCUT2D eigenvalue weighted by atomic mass is 35.5. The van der Waals surface area contributed by atoms with Crippen LogP contribution in [-0.4, -0.2) is 10.5 Å². The molecular weight excluding hydrogens is 332 g/mol. The van der Waals surface area contributed by atoms with Crippen LogP contribution in [0.5, 0.6) is 0 Å². The summed E-state index contributed by atoms with van der Waals surface area (Å²) in [5.74, 6) is -0.284. The molecule has 1 amide bonds. The van der Waals surface area contributed by atoms with Crippen molar-refractivity contribution in [2.24, 2.45) is 0 Å². The number of halogens is 1. The van der Waals surface area contributed by atoms with E-state index in [1.165, 1.54) is 0 Å². The number of benzene rings is 2. The molecule has 1 N–H and O–H groups in total. The highest BCUT2D eigenvalue weighted by Crippen LogP contribution is 2.23. The Kier molecular flexibility index (Phi) is 4.32. The maximum Gasteiger partial charge on any atom is 0.308 e. The van der Waals surface area contributed by atoms with Gasteiger partial charge in [0.2, 0.25) is 0 Å². The number of amides is 1. The smallest absolute Gasteiger partial charge is 0.308 e. The van der Waals surface area contributed by atoms with Crippen LogP contribution in [0.15, 0.2) is 59.9 Å². The predicted molar refractivity (Wildman–Crippen MR) is 95.7 cm³/mol. The number of nitrogens with zero attached hydrogens (tertiary/aromatic N) is 1. The lowest BCUT2D eigenvalue weighted by molar-refractivity contribution is 0.102. The number of fused-ring (bicyclic) bond motifs is 1. The zero-order valence-corrected chi connectivity index (χ0v) is 13.7. The highest BCUT2D eigenvalue weighted by Gasteiger charge is 2.11. The van der Waals surface area contributed by atoms with Gasteiger partial charge in [-0.1, -0.05) is 41.1 Å². The van der Waals surface area contributed by atoms with Crippen molar-refractivity contribution in [1.82, 2.24) is 4.57 Å². The number of aromatic nitrogens is 1. The zero-order valence-electron chi connectivity index (χ0n) is 12.1. The Hall–Kier alpha value is -2.37. The molecule has 0 saturated carbocycles. The lowest BCUT2D eigenvalue weighted by atomic mass is 10.2. The molecule has 0 bridgehead atoms. The third-order valence-electron chi connectivity index (χ3n) is 3.36. The molecule has 3 aromatic rings. The maximum atomic E-state index is 12.3. The topological polar surface area (TPSA) is 51.1 Å². The molecule has 0 fully saturated rings. The number of rotatable bonds is 4. The molecule has 0 aliphatic heterocycles. The van der Waals surface area contributed by atoms with Crippen LogP contribution in [0.4, 0.5) is 5.69 Å². The van der Waals surface area contributed by atoms with E-state index in [9.17, 15) is 9.59 Å². The normalized spacial score (nSPS) is 10.7. The Morgan fingerprint density at radius 3 is 2.83 bits per heavy atom. The summed E-state index contributed by atoms with van der Waals surface area (Å²) in [6, 6.07) is 12.2. The SMILES string of the molecule is C=CCn1c(=O)sc2cc(NC(=O)c3ccccc3Cl)ccc21. The van der Waals surface area contributed by atoms with Gasteiger partial charge in [0, 0.05) is 12.2 Å². The minimum absolute atomic E-state index is 0.0468. The third-order valence-corrected chi connectivity index (χ3v) is 4.63. The molecule has 0 spiro atoms. The number of hydrogen-bond donors (Lipinski definition) is 1. The van der Waals surface area contributed by atoms with Crippen LogP contribution in [-0.2, 0) is 6.54 Å². The highest BCUT2D eigenvalue weighted by molar-refractivity contribution is 7.16. The number of nitrogens with one attached hydrogen (secondary N) is 1. The van der Waals surface area contributed by atoms with Gasteiger partial charge >= 0.3 is 4.87 Å². The first-order chi connectivity index (χ1) is 11.1. The van der Waals surface area contributed by atoms with Gasteiger partial charge in [0.1, 0.15) is 0 Å². The monoisotopic (exact) mass is 344 g/mol. The van der Waals surface area contributed by atoms with Crippen molar-refractivity contribution in [2.75, 3.05) is 5.32 Å². The second kappa shape index (κ2) is 6.40. The van der Waals surface area contributed by atoms with E-state index in [0.717, 1.165) is 21.6 Å². The van der Waals surface area contributed by atoms with Gasteiger partial charge in [0.15, 0.2) is 0 Å². The fourth-order valence-corrected chi connectivity index (χ4v) is 3.45. The Morgan fingerprint density at radius 2 is 2.09 bits per heavy atom. The second-order valence-electron chi connectivity index (χ2n) is 4.88. The maximum absolute atomic E-state index is 12.3. The van der Waals surface area contributed by atoms with E-state index in [2.05, 4.69) is 11.9 Å². The zero-order chi connectivity index (χ0) is 16.4. The fourth-order valence-electron chi connectivity index (χ4n) is 2.29. The predicted octanol–water partition coefficient (Wildman–Crippen LogP) is 4.15. The van der Waals surface area contributed by atoms with Gasteiger partial charge in [-0.15, -0.1) is 6.58 Å². The van der Waals surface area contributed by atoms with Gasteiger partial charge in [-0.25, -0.2) is 0 Å². The van der Waals surface area contributed by atoms with Crippen molar-refractivity contribution >= 4 is 44.7 Å². The quantitative estimate of drug-likeness (QED) is 0.723. The first kappa shape index (κ1) is 15.5. The average molecular weight is 345 g/mol. The fraction of sp³-hybridized carbons (Fsp3) is 0.0588. The summed E-state index contributed by atoms with van der Waals surface area (Å²) in [6.45, 7) is 4.12. The van der Waals surface area contributed by atoms with Crippen LogP contribution in [0.3, 0.4) is 0 Å². The minimum Gasteiger partial charge on any atom is -0.322 e. The Morgan fingerprint density at radius 1 is 1.30 bits per heavy atom. The first-order valence-corrected chi connectivity index (χ1v) is 8.10. The van der Waals surface area contributed by atoms with Crippen molar-refractivity contribution in [1.29, 1.82) is 0 Å². The van der Waals surface area contributed by atoms with Crippen LogP contribution < -0.4 is 10.2 Å². The molecular formula is C17H13ClN2O2S. The molecule has 0 aliphatic carbocycles. The van der Waals surface area contributed by atoms with Crippen molar-refractivity contribution < 1.29 is 4.79 Å². The van der Waals surface area contributed by atoms with Crippen molar-refractivity contribution in [3.05, 3.63) is 75.4 Å². The summed E-state index contributed by atoms with van der Waals surface area (Å²) in [5.41, 5.74) is 1.86. The lowest BCUT2D eigenvalue weighted by Crippen LogP contribution is -2.12. The third kappa shape index (κ3) is 3.06. The average Bonchev–Trinajstić information content (AvgIpc) is 2.83. The Balaban J connectivity index is 1.92. The van der Waals surface area contributed by atoms with Crippen molar-refractivity contribution in [3.63, 3.8) is 0 Å². The van der Waals surface area contributed by atoms with E-state index < -0.39 is 0 Å². The van der Waals surface area contributed by atoms with E-state index >= 15 is 0 Å². The summed E-state index contributed by atoms with van der Waals surface area (Å²) < 4.78 is 2.46. The van der Waals surface area contributed by atoms with Crippen molar-refractivity contribution in [3.8, 4) is 0 Å². The summed E-state index contributed by atoms with van der Waals surface area (Å²) in [4.78, 5) is 24.2. The number of thiazole rings is 1. The van der Waals surface area contributed by atoms with Crippen LogP contribution in [0.1, 0.15) is 10.4 Å². The van der Waals surface area contributed by atoms with Crippen molar-refractivity contribution in [2.45, 2.75) is 6.54 Å². The number of hydrogen-bond acceptors (Lipinski definition) is 3. The second-order valence-corrected chi connectivity index (χ2v) is 6.28. The molecule has 0 aliphatic rings. The molecule has 2 aromatic carbocycles. The van der Waals surface area contributed by atoms with E-state index in [-0.39, 0.29) is 10.8 Å². The number of carbonyl (C=O) groups excluding carboxylic acids is 1. The van der Waals surface area contributed by atoms with Gasteiger partial charge in [-0.3, -0.25) is 14.2 Å². The minimum atomic E-state index is -0.284. The molecule has 0 radical (unpaired) electrons. The number of carbonyl (C=O) groups is 1. The largest absolute Gasteiger partial charge is 0.322 e. The molecule has 0 saturated heterocycles. The summed E-state index contributed by atoms with van der Waals surface area (Å²) in [6.07, 6.45) is 1.68. The molecule has 1 heterocycles. The molecule has 1 aromatic heterocycles. The van der Waals surface area contributed by atoms with Gasteiger partial charge < -0.3 is 5.32 Å². The van der Waals surface area contributed by atoms with E-state index in [0.29, 0.717) is 22.8 Å². The van der Waals surface area contributed by atoms with Gasteiger partial charge in [0.25, 0.3) is 5.91 Å². The van der Waals surface area contributed by atoms with Crippen LogP contribution in [0, 0.1) is 0 Å². The molecule has 4 nitrogen and oxygen atoms in total. The van der Waals surface area contributed by atoms with Gasteiger partial charge in [0.05, 0.1) is 20.8 Å².